The van der Waals surface area contributed by atoms with Crippen LogP contribution in [0.25, 0.3) is 0 Å². The Morgan fingerprint density at radius 1 is 1.57 bits per heavy atom. The first-order chi connectivity index (χ1) is 3.27. The summed E-state index contributed by atoms with van der Waals surface area (Å²) in [5.74, 6) is 0. The Kier molecular flexibility index (Phi) is 4.70. The van der Waals surface area contributed by atoms with Crippen molar-refractivity contribution in [3.05, 3.63) is 4.91 Å². The molecule has 3 heteroatoms. The molecule has 0 aliphatic carbocycles. The number of rotatable bonds is 3. The van der Waals surface area contributed by atoms with Gasteiger partial charge in [-0.25, -0.2) is 0 Å². The number of hydrogen-bond donors (Lipinski definition) is 0. The third-order valence-electron chi connectivity index (χ3n) is 0.554. The van der Waals surface area contributed by atoms with Gasteiger partial charge in [-0.05, 0) is 0 Å². The predicted octanol–water partition coefficient (Wildman–Crippen LogP) is 1.52. The van der Waals surface area contributed by atoms with Gasteiger partial charge in [0.25, 0.3) is 0 Å². The topological polar surface area (TPSA) is 29.4 Å². The van der Waals surface area contributed by atoms with Crippen molar-refractivity contribution in [2.24, 2.45) is 5.18 Å². The molecule has 0 bridgehead atoms. The van der Waals surface area contributed by atoms with Crippen molar-refractivity contribution >= 4 is 19.8 Å². The van der Waals surface area contributed by atoms with Gasteiger partial charge in [0, 0.05) is 0 Å². The predicted molar refractivity (Wildman–Crippen MR) is 41.4 cm³/mol. The van der Waals surface area contributed by atoms with Gasteiger partial charge in [-0.2, -0.15) is 0 Å². The number of nitroso groups, excluding NO2 is 1. The van der Waals surface area contributed by atoms with Crippen molar-refractivity contribution in [3.8, 4) is 0 Å². The van der Waals surface area contributed by atoms with Gasteiger partial charge in [0.1, 0.15) is 0 Å². The average molecular weight is 215 g/mol. The molecule has 0 N–H and O–H groups in total. The minimum atomic E-state index is -0.622. The van der Waals surface area contributed by atoms with E-state index in [0.29, 0.717) is 6.54 Å². The van der Waals surface area contributed by atoms with E-state index in [1.54, 1.807) is 0 Å². The number of alkyl halides is 3. The van der Waals surface area contributed by atoms with Crippen molar-refractivity contribution in [3.63, 3.8) is 0 Å². The first-order valence-corrected chi connectivity index (χ1v) is 7.86. The monoisotopic (exact) mass is 215 g/mol. The van der Waals surface area contributed by atoms with Crippen molar-refractivity contribution in [2.45, 2.75) is 0 Å². The Labute approximate surface area is 51.0 Å². The van der Waals surface area contributed by atoms with Gasteiger partial charge in [0.05, 0.1) is 0 Å². The molecule has 0 aromatic heterocycles. The minimum absolute atomic E-state index is 0.540. The maximum atomic E-state index is 9.48. The summed E-state index contributed by atoms with van der Waals surface area (Å²) < 4.78 is 1.08. The van der Waals surface area contributed by atoms with E-state index in [9.17, 15) is 4.91 Å². The second-order valence-electron chi connectivity index (χ2n) is 1.45. The average Bonchev–Trinajstić information content (AvgIpc) is 1.61. The summed E-state index contributed by atoms with van der Waals surface area (Å²) in [7, 11) is 0. The Hall–Kier alpha value is 0.330. The van der Waals surface area contributed by atoms with Crippen LogP contribution in [0.4, 0.5) is 0 Å². The molecule has 0 radical (unpaired) electrons. The van der Waals surface area contributed by atoms with E-state index < -0.39 is 19.8 Å². The van der Waals surface area contributed by atoms with Crippen LogP contribution < -0.4 is 0 Å². The Morgan fingerprint density at radius 3 is 2.29 bits per heavy atom. The SMILES string of the molecule is CI(C)CCN=O. The molecule has 2 nitrogen and oxygen atoms in total. The summed E-state index contributed by atoms with van der Waals surface area (Å²) in [6.07, 6.45) is 0. The summed E-state index contributed by atoms with van der Waals surface area (Å²) in [6.45, 7) is 0.540. The van der Waals surface area contributed by atoms with E-state index >= 15 is 0 Å². The second kappa shape index (κ2) is 4.49. The van der Waals surface area contributed by atoms with Crippen LogP contribution in [-0.4, -0.2) is 20.8 Å². The van der Waals surface area contributed by atoms with Crippen LogP contribution in [0.2, 0.25) is 0 Å². The zero-order valence-electron chi connectivity index (χ0n) is 4.65. The summed E-state index contributed by atoms with van der Waals surface area (Å²) >= 11 is -0.622. The van der Waals surface area contributed by atoms with E-state index in [0.717, 1.165) is 4.43 Å². The molecule has 0 atom stereocenters. The van der Waals surface area contributed by atoms with Crippen LogP contribution in [0.15, 0.2) is 5.18 Å². The zero-order valence-corrected chi connectivity index (χ0v) is 6.81. The van der Waals surface area contributed by atoms with Crippen LogP contribution in [-0.2, 0) is 0 Å². The molecule has 0 rings (SSSR count). The molecule has 44 valence electrons. The third kappa shape index (κ3) is 6.33. The first kappa shape index (κ1) is 7.33. The number of hydrogen-bond acceptors (Lipinski definition) is 2. The van der Waals surface area contributed by atoms with E-state index in [1.165, 1.54) is 0 Å². The number of halogens is 1. The van der Waals surface area contributed by atoms with Crippen LogP contribution >= 0.6 is 19.8 Å². The Morgan fingerprint density at radius 2 is 2.14 bits per heavy atom. The fourth-order valence-corrected chi connectivity index (χ4v) is 1.37. The van der Waals surface area contributed by atoms with Gasteiger partial charge in [-0.1, -0.05) is 0 Å². The van der Waals surface area contributed by atoms with E-state index in [2.05, 4.69) is 15.0 Å². The molecule has 0 aliphatic rings. The van der Waals surface area contributed by atoms with Crippen LogP contribution in [0.3, 0.4) is 0 Å². The van der Waals surface area contributed by atoms with Crippen molar-refractivity contribution in [1.29, 1.82) is 0 Å². The Bertz CT molecular complexity index is 55.7. The summed E-state index contributed by atoms with van der Waals surface area (Å²) in [6, 6.07) is 0. The van der Waals surface area contributed by atoms with Gasteiger partial charge in [-0.3, -0.25) is 0 Å². The molecule has 0 saturated carbocycles. The van der Waals surface area contributed by atoms with Crippen molar-refractivity contribution < 1.29 is 0 Å². The zero-order chi connectivity index (χ0) is 5.70. The molecule has 0 heterocycles. The first-order valence-electron chi connectivity index (χ1n) is 2.02. The standard InChI is InChI=1S/C4H10INO/c1-5(2)3-4-6-7/h3-4H2,1-2H3. The normalized spacial score (nSPS) is 10.9. The number of nitrogens with zero attached hydrogens (tertiary/aromatic N) is 1. The van der Waals surface area contributed by atoms with Crippen molar-refractivity contribution in [1.82, 2.24) is 0 Å². The quantitative estimate of drug-likeness (QED) is 0.398. The van der Waals surface area contributed by atoms with E-state index in [1.807, 2.05) is 0 Å². The van der Waals surface area contributed by atoms with Gasteiger partial charge in [0.2, 0.25) is 0 Å². The van der Waals surface area contributed by atoms with Gasteiger partial charge in [-0.15, -0.1) is 0 Å². The van der Waals surface area contributed by atoms with Crippen LogP contribution in [0.5, 0.6) is 0 Å². The molecule has 0 spiro atoms. The summed E-state index contributed by atoms with van der Waals surface area (Å²) in [5, 5.41) is 2.76. The second-order valence-corrected chi connectivity index (χ2v) is 7.74. The fraction of sp³-hybridized carbons (Fsp3) is 1.00. The maximum absolute atomic E-state index is 9.48. The van der Waals surface area contributed by atoms with Gasteiger partial charge >= 0.3 is 50.7 Å². The van der Waals surface area contributed by atoms with E-state index in [4.69, 9.17) is 0 Å². The van der Waals surface area contributed by atoms with E-state index in [-0.39, 0.29) is 0 Å². The molecule has 0 unspecified atom stereocenters. The summed E-state index contributed by atoms with van der Waals surface area (Å²) in [4.78, 5) is 13.9. The molecule has 0 aromatic rings. The molecule has 0 aliphatic heterocycles. The van der Waals surface area contributed by atoms with Crippen LogP contribution in [0.1, 0.15) is 0 Å². The molecule has 0 amide bonds. The van der Waals surface area contributed by atoms with Gasteiger partial charge < -0.3 is 0 Å². The fourth-order valence-electron chi connectivity index (χ4n) is 0.204. The van der Waals surface area contributed by atoms with Crippen molar-refractivity contribution in [2.75, 3.05) is 20.8 Å². The molecule has 0 aromatic carbocycles. The molecule has 0 saturated heterocycles. The Balaban J connectivity index is 2.81. The van der Waals surface area contributed by atoms with Gasteiger partial charge in [0.15, 0.2) is 0 Å². The molecule has 7 heavy (non-hydrogen) atoms. The molecular weight excluding hydrogens is 205 g/mol. The summed E-state index contributed by atoms with van der Waals surface area (Å²) in [5.41, 5.74) is 0. The molecular formula is C4H10INO. The third-order valence-corrected chi connectivity index (χ3v) is 3.19. The molecule has 0 fully saturated rings. The van der Waals surface area contributed by atoms with Crippen LogP contribution in [0, 0.1) is 4.91 Å².